The number of hydrogen-bond acceptors (Lipinski definition) is 2. The Hall–Kier alpha value is -1.55. The van der Waals surface area contributed by atoms with E-state index >= 15 is 0 Å². The van der Waals surface area contributed by atoms with Crippen LogP contribution in [-0.2, 0) is 13.1 Å². The summed E-state index contributed by atoms with van der Waals surface area (Å²) in [7, 11) is 0. The Morgan fingerprint density at radius 2 is 2.00 bits per heavy atom. The van der Waals surface area contributed by atoms with E-state index in [4.69, 9.17) is 5.73 Å². The van der Waals surface area contributed by atoms with Gasteiger partial charge in [-0.2, -0.15) is 0 Å². The maximum absolute atomic E-state index is 11.4. The predicted octanol–water partition coefficient (Wildman–Crippen LogP) is 1.60. The van der Waals surface area contributed by atoms with Crippen molar-refractivity contribution in [3.8, 4) is 0 Å². The molecular weight excluding hydrogens is 214 g/mol. The molecule has 94 valence electrons. The summed E-state index contributed by atoms with van der Waals surface area (Å²) in [6.07, 6.45) is 0. The van der Waals surface area contributed by atoms with Crippen molar-refractivity contribution >= 4 is 6.03 Å². The molecule has 0 saturated carbocycles. The molecule has 17 heavy (non-hydrogen) atoms. The minimum atomic E-state index is -0.128. The van der Waals surface area contributed by atoms with Gasteiger partial charge < -0.3 is 16.4 Å². The molecule has 1 rings (SSSR count). The highest BCUT2D eigenvalue weighted by Gasteiger charge is 2.01. The van der Waals surface area contributed by atoms with Crippen LogP contribution in [0.3, 0.4) is 0 Å². The summed E-state index contributed by atoms with van der Waals surface area (Å²) in [6.45, 7) is 5.86. The Labute approximate surface area is 103 Å². The Bertz CT molecular complexity index is 363. The predicted molar refractivity (Wildman–Crippen MR) is 69.4 cm³/mol. The molecule has 0 aliphatic heterocycles. The zero-order chi connectivity index (χ0) is 12.7. The Kier molecular flexibility index (Phi) is 5.49. The molecule has 0 aliphatic carbocycles. The van der Waals surface area contributed by atoms with Gasteiger partial charge in [0, 0.05) is 19.6 Å². The number of urea groups is 1. The summed E-state index contributed by atoms with van der Waals surface area (Å²) in [4.78, 5) is 11.4. The Morgan fingerprint density at radius 1 is 1.29 bits per heavy atom. The van der Waals surface area contributed by atoms with Gasteiger partial charge in [0.25, 0.3) is 0 Å². The summed E-state index contributed by atoms with van der Waals surface area (Å²) >= 11 is 0. The summed E-state index contributed by atoms with van der Waals surface area (Å²) in [5.41, 5.74) is 7.69. The molecule has 0 bridgehead atoms. The monoisotopic (exact) mass is 235 g/mol. The van der Waals surface area contributed by atoms with E-state index in [1.54, 1.807) is 0 Å². The van der Waals surface area contributed by atoms with Crippen LogP contribution in [0.4, 0.5) is 4.79 Å². The molecule has 0 fully saturated rings. The minimum absolute atomic E-state index is 0.128. The SMILES string of the molecule is CC(C)CNC(=O)NCc1cccc(CN)c1. The van der Waals surface area contributed by atoms with E-state index in [9.17, 15) is 4.79 Å². The number of nitrogens with one attached hydrogen (secondary N) is 2. The molecule has 4 nitrogen and oxygen atoms in total. The Morgan fingerprint density at radius 3 is 2.65 bits per heavy atom. The Balaban J connectivity index is 2.36. The zero-order valence-electron chi connectivity index (χ0n) is 10.5. The third kappa shape index (κ3) is 5.36. The van der Waals surface area contributed by atoms with Crippen LogP contribution in [0.2, 0.25) is 0 Å². The molecule has 0 saturated heterocycles. The van der Waals surface area contributed by atoms with Crippen molar-refractivity contribution in [1.29, 1.82) is 0 Å². The number of hydrogen-bond donors (Lipinski definition) is 3. The van der Waals surface area contributed by atoms with Crippen LogP contribution < -0.4 is 16.4 Å². The van der Waals surface area contributed by atoms with E-state index in [2.05, 4.69) is 24.5 Å². The molecule has 2 amide bonds. The third-order valence-electron chi connectivity index (χ3n) is 2.35. The summed E-state index contributed by atoms with van der Waals surface area (Å²) in [6, 6.07) is 7.77. The maximum atomic E-state index is 11.4. The van der Waals surface area contributed by atoms with Crippen molar-refractivity contribution in [3.05, 3.63) is 35.4 Å². The largest absolute Gasteiger partial charge is 0.338 e. The molecular formula is C13H21N3O. The molecule has 0 aliphatic rings. The van der Waals surface area contributed by atoms with Gasteiger partial charge in [-0.15, -0.1) is 0 Å². The van der Waals surface area contributed by atoms with Gasteiger partial charge in [-0.3, -0.25) is 0 Å². The lowest BCUT2D eigenvalue weighted by Crippen LogP contribution is -2.37. The van der Waals surface area contributed by atoms with E-state index in [1.807, 2.05) is 24.3 Å². The van der Waals surface area contributed by atoms with E-state index in [1.165, 1.54) is 0 Å². The van der Waals surface area contributed by atoms with Crippen molar-refractivity contribution in [1.82, 2.24) is 10.6 Å². The van der Waals surface area contributed by atoms with Crippen molar-refractivity contribution in [2.24, 2.45) is 11.7 Å². The van der Waals surface area contributed by atoms with Crippen LogP contribution in [0, 0.1) is 5.92 Å². The van der Waals surface area contributed by atoms with Crippen molar-refractivity contribution < 1.29 is 4.79 Å². The normalized spacial score (nSPS) is 10.4. The number of amides is 2. The fraction of sp³-hybridized carbons (Fsp3) is 0.462. The van der Waals surface area contributed by atoms with E-state index in [0.29, 0.717) is 25.6 Å². The topological polar surface area (TPSA) is 67.2 Å². The average Bonchev–Trinajstić information content (AvgIpc) is 2.34. The molecule has 4 N–H and O–H groups in total. The highest BCUT2D eigenvalue weighted by atomic mass is 16.2. The maximum Gasteiger partial charge on any atom is 0.315 e. The molecule has 0 unspecified atom stereocenters. The van der Waals surface area contributed by atoms with E-state index in [0.717, 1.165) is 11.1 Å². The van der Waals surface area contributed by atoms with Crippen molar-refractivity contribution in [3.63, 3.8) is 0 Å². The quantitative estimate of drug-likeness (QED) is 0.725. The summed E-state index contributed by atoms with van der Waals surface area (Å²) in [5, 5.41) is 5.62. The van der Waals surface area contributed by atoms with Gasteiger partial charge >= 0.3 is 6.03 Å². The van der Waals surface area contributed by atoms with Crippen LogP contribution in [0.15, 0.2) is 24.3 Å². The van der Waals surface area contributed by atoms with Gasteiger partial charge in [0.1, 0.15) is 0 Å². The smallest absolute Gasteiger partial charge is 0.315 e. The summed E-state index contributed by atoms with van der Waals surface area (Å²) in [5.74, 6) is 0.460. The lowest BCUT2D eigenvalue weighted by atomic mass is 10.1. The fourth-order valence-corrected chi connectivity index (χ4v) is 1.41. The number of rotatable bonds is 5. The fourth-order valence-electron chi connectivity index (χ4n) is 1.41. The van der Waals surface area contributed by atoms with Gasteiger partial charge in [-0.05, 0) is 17.0 Å². The first-order valence-corrected chi connectivity index (χ1v) is 5.91. The van der Waals surface area contributed by atoms with Crippen LogP contribution in [0.5, 0.6) is 0 Å². The third-order valence-corrected chi connectivity index (χ3v) is 2.35. The second kappa shape index (κ2) is 6.91. The first kappa shape index (κ1) is 13.5. The number of carbonyl (C=O) groups excluding carboxylic acids is 1. The van der Waals surface area contributed by atoms with Crippen LogP contribution in [0.1, 0.15) is 25.0 Å². The average molecular weight is 235 g/mol. The highest BCUT2D eigenvalue weighted by Crippen LogP contribution is 2.03. The minimum Gasteiger partial charge on any atom is -0.338 e. The number of benzene rings is 1. The molecule has 0 aromatic heterocycles. The van der Waals surface area contributed by atoms with Gasteiger partial charge in [-0.25, -0.2) is 4.79 Å². The van der Waals surface area contributed by atoms with Gasteiger partial charge in [0.05, 0.1) is 0 Å². The highest BCUT2D eigenvalue weighted by molar-refractivity contribution is 5.73. The lowest BCUT2D eigenvalue weighted by Gasteiger charge is -2.09. The first-order chi connectivity index (χ1) is 8.11. The molecule has 0 atom stereocenters. The van der Waals surface area contributed by atoms with Crippen molar-refractivity contribution in [2.45, 2.75) is 26.9 Å². The second-order valence-electron chi connectivity index (χ2n) is 4.48. The van der Waals surface area contributed by atoms with Gasteiger partial charge in [0.2, 0.25) is 0 Å². The molecule has 0 radical (unpaired) electrons. The first-order valence-electron chi connectivity index (χ1n) is 5.91. The number of carbonyl (C=O) groups is 1. The van der Waals surface area contributed by atoms with E-state index < -0.39 is 0 Å². The van der Waals surface area contributed by atoms with Crippen LogP contribution >= 0.6 is 0 Å². The van der Waals surface area contributed by atoms with Crippen molar-refractivity contribution in [2.75, 3.05) is 6.54 Å². The van der Waals surface area contributed by atoms with Crippen LogP contribution in [-0.4, -0.2) is 12.6 Å². The van der Waals surface area contributed by atoms with Crippen LogP contribution in [0.25, 0.3) is 0 Å². The molecule has 1 aromatic rings. The number of nitrogens with two attached hydrogens (primary N) is 1. The molecule has 4 heteroatoms. The molecule has 1 aromatic carbocycles. The standard InChI is InChI=1S/C13H21N3O/c1-10(2)8-15-13(17)16-9-12-5-3-4-11(6-12)7-14/h3-6,10H,7-9,14H2,1-2H3,(H2,15,16,17). The molecule has 0 heterocycles. The second-order valence-corrected chi connectivity index (χ2v) is 4.48. The van der Waals surface area contributed by atoms with Gasteiger partial charge in [0.15, 0.2) is 0 Å². The lowest BCUT2D eigenvalue weighted by molar-refractivity contribution is 0.239. The zero-order valence-corrected chi connectivity index (χ0v) is 10.5. The van der Waals surface area contributed by atoms with Gasteiger partial charge in [-0.1, -0.05) is 38.1 Å². The molecule has 0 spiro atoms. The summed E-state index contributed by atoms with van der Waals surface area (Å²) < 4.78 is 0. The van der Waals surface area contributed by atoms with E-state index in [-0.39, 0.29) is 6.03 Å².